The van der Waals surface area contributed by atoms with Gasteiger partial charge in [-0.2, -0.15) is 0 Å². The number of hydrogen-bond donors (Lipinski definition) is 1. The first-order chi connectivity index (χ1) is 13.4. The predicted molar refractivity (Wildman–Crippen MR) is 112 cm³/mol. The fraction of sp³-hybridized carbons (Fsp3) is 0.550. The van der Waals surface area contributed by atoms with Gasteiger partial charge < -0.3 is 10.2 Å². The maximum atomic E-state index is 13.8. The van der Waals surface area contributed by atoms with Gasteiger partial charge in [-0.3, -0.25) is 9.36 Å². The summed E-state index contributed by atoms with van der Waals surface area (Å²) in [6, 6.07) is 4.52. The van der Waals surface area contributed by atoms with E-state index >= 15 is 0 Å². The largest absolute Gasteiger partial charge is 0.354 e. The average Bonchev–Trinajstić information content (AvgIpc) is 3.42. The molecule has 0 atom stereocenters. The summed E-state index contributed by atoms with van der Waals surface area (Å²) in [5, 5.41) is 11.7. The molecule has 8 heteroatoms. The minimum atomic E-state index is -0.329. The zero-order chi connectivity index (χ0) is 20.3. The summed E-state index contributed by atoms with van der Waals surface area (Å²) in [7, 11) is 1.98. The molecule has 1 saturated carbocycles. The van der Waals surface area contributed by atoms with Crippen LogP contribution in [0.15, 0.2) is 22.7 Å². The molecule has 0 bridgehead atoms. The van der Waals surface area contributed by atoms with Crippen molar-refractivity contribution in [3.8, 4) is 11.4 Å². The maximum absolute atomic E-state index is 13.8. The molecule has 0 spiro atoms. The lowest BCUT2D eigenvalue weighted by atomic mass is 10.1. The van der Waals surface area contributed by atoms with Gasteiger partial charge in [0.1, 0.15) is 5.82 Å². The summed E-state index contributed by atoms with van der Waals surface area (Å²) in [6.45, 7) is 6.21. The van der Waals surface area contributed by atoms with Crippen LogP contribution in [0.3, 0.4) is 0 Å². The fourth-order valence-electron chi connectivity index (χ4n) is 2.98. The van der Waals surface area contributed by atoms with Gasteiger partial charge in [-0.15, -0.1) is 10.2 Å². The molecular weight excluding hydrogens is 425 g/mol. The summed E-state index contributed by atoms with van der Waals surface area (Å²) >= 11 is 3.49. The van der Waals surface area contributed by atoms with Gasteiger partial charge in [0, 0.05) is 42.6 Å². The molecule has 0 unspecified atom stereocenters. The molecule has 0 aliphatic heterocycles. The molecule has 2 aromatic rings. The Kier molecular flexibility index (Phi) is 6.69. The van der Waals surface area contributed by atoms with Crippen molar-refractivity contribution >= 4 is 27.8 Å². The number of nitrogens with one attached hydrogen (secondary N) is 1. The van der Waals surface area contributed by atoms with Crippen molar-refractivity contribution in [3.05, 3.63) is 28.5 Å². The Morgan fingerprint density at radius 3 is 2.82 bits per heavy atom. The first-order valence-corrected chi connectivity index (χ1v) is 10.5. The highest BCUT2D eigenvalue weighted by Gasteiger charge is 2.29. The summed E-state index contributed by atoms with van der Waals surface area (Å²) < 4.78 is 16.5. The lowest BCUT2D eigenvalue weighted by Crippen LogP contribution is -2.30. The standard InChI is InChI=1S/C20H27BrFN5O/c1-13(2)8-10-26(3)20-25-24-18(16-12-15(22)6-7-17(16)21)27(20)11-9-23-19(28)14-4-5-14/h6-7,12-14H,4-5,8-11H2,1-3H3,(H,23,28). The minimum absolute atomic E-state index is 0.108. The number of anilines is 1. The lowest BCUT2D eigenvalue weighted by molar-refractivity contribution is -0.122. The normalized spacial score (nSPS) is 13.8. The first kappa shape index (κ1) is 20.8. The lowest BCUT2D eigenvalue weighted by Gasteiger charge is -2.21. The highest BCUT2D eigenvalue weighted by atomic mass is 79.9. The molecular formula is C20H27BrFN5O. The Labute approximate surface area is 173 Å². The van der Waals surface area contributed by atoms with Crippen LogP contribution in [-0.2, 0) is 11.3 Å². The van der Waals surface area contributed by atoms with E-state index in [0.29, 0.717) is 36.3 Å². The number of carbonyl (C=O) groups is 1. The summed E-state index contributed by atoms with van der Waals surface area (Å²) in [5.74, 6) is 1.83. The molecule has 0 saturated heterocycles. The van der Waals surface area contributed by atoms with Crippen LogP contribution < -0.4 is 10.2 Å². The number of halogens is 2. The molecule has 1 fully saturated rings. The summed E-state index contributed by atoms with van der Waals surface area (Å²) in [6.07, 6.45) is 2.98. The molecule has 1 aromatic heterocycles. The van der Waals surface area contributed by atoms with Crippen LogP contribution in [0.2, 0.25) is 0 Å². The Bertz CT molecular complexity index is 834. The van der Waals surface area contributed by atoms with Crippen LogP contribution in [-0.4, -0.2) is 40.8 Å². The van der Waals surface area contributed by atoms with E-state index in [1.165, 1.54) is 12.1 Å². The Morgan fingerprint density at radius 1 is 1.39 bits per heavy atom. The van der Waals surface area contributed by atoms with Gasteiger partial charge in [0.15, 0.2) is 5.82 Å². The molecule has 1 aliphatic rings. The molecule has 3 rings (SSSR count). The van der Waals surface area contributed by atoms with Crippen molar-refractivity contribution in [3.63, 3.8) is 0 Å². The first-order valence-electron chi connectivity index (χ1n) is 9.74. The minimum Gasteiger partial charge on any atom is -0.354 e. The molecule has 152 valence electrons. The second-order valence-electron chi connectivity index (χ2n) is 7.77. The van der Waals surface area contributed by atoms with E-state index in [-0.39, 0.29) is 17.6 Å². The molecule has 28 heavy (non-hydrogen) atoms. The monoisotopic (exact) mass is 451 g/mol. The topological polar surface area (TPSA) is 63.1 Å². The Morgan fingerprint density at radius 2 is 2.14 bits per heavy atom. The van der Waals surface area contributed by atoms with Crippen LogP contribution in [0.4, 0.5) is 10.3 Å². The zero-order valence-corrected chi connectivity index (χ0v) is 18.2. The molecule has 1 amide bonds. The predicted octanol–water partition coefficient (Wildman–Crippen LogP) is 3.86. The van der Waals surface area contributed by atoms with E-state index in [9.17, 15) is 9.18 Å². The average molecular weight is 452 g/mol. The Balaban J connectivity index is 1.85. The van der Waals surface area contributed by atoms with Gasteiger partial charge in [0.25, 0.3) is 0 Å². The smallest absolute Gasteiger partial charge is 0.227 e. The van der Waals surface area contributed by atoms with Gasteiger partial charge in [0.05, 0.1) is 0 Å². The van der Waals surface area contributed by atoms with E-state index in [2.05, 4.69) is 50.2 Å². The van der Waals surface area contributed by atoms with Gasteiger partial charge in [0.2, 0.25) is 11.9 Å². The number of carbonyl (C=O) groups excluding carboxylic acids is 1. The molecule has 1 heterocycles. The van der Waals surface area contributed by atoms with Crippen molar-refractivity contribution in [1.29, 1.82) is 0 Å². The number of rotatable bonds is 9. The third-order valence-corrected chi connectivity index (χ3v) is 5.56. The van der Waals surface area contributed by atoms with E-state index in [0.717, 1.165) is 30.3 Å². The van der Waals surface area contributed by atoms with E-state index in [1.54, 1.807) is 6.07 Å². The third kappa shape index (κ3) is 5.10. The van der Waals surface area contributed by atoms with Crippen LogP contribution in [0.5, 0.6) is 0 Å². The van der Waals surface area contributed by atoms with Gasteiger partial charge >= 0.3 is 0 Å². The van der Waals surface area contributed by atoms with Crippen LogP contribution in [0, 0.1) is 17.7 Å². The number of nitrogens with zero attached hydrogens (tertiary/aromatic N) is 4. The van der Waals surface area contributed by atoms with Crippen LogP contribution in [0.1, 0.15) is 33.1 Å². The van der Waals surface area contributed by atoms with E-state index in [1.807, 2.05) is 11.6 Å². The SMILES string of the molecule is CC(C)CCN(C)c1nnc(-c2cc(F)ccc2Br)n1CCNC(=O)C1CC1. The van der Waals surface area contributed by atoms with Crippen molar-refractivity contribution in [2.75, 3.05) is 25.0 Å². The van der Waals surface area contributed by atoms with Crippen LogP contribution >= 0.6 is 15.9 Å². The number of aromatic nitrogens is 3. The molecule has 0 radical (unpaired) electrons. The van der Waals surface area contributed by atoms with Crippen molar-refractivity contribution in [1.82, 2.24) is 20.1 Å². The van der Waals surface area contributed by atoms with Crippen molar-refractivity contribution < 1.29 is 9.18 Å². The Hall–Kier alpha value is -1.96. The fourth-order valence-corrected chi connectivity index (χ4v) is 3.41. The van der Waals surface area contributed by atoms with Gasteiger partial charge in [-0.1, -0.05) is 29.8 Å². The molecule has 6 nitrogen and oxygen atoms in total. The third-order valence-electron chi connectivity index (χ3n) is 4.87. The maximum Gasteiger partial charge on any atom is 0.227 e. The summed E-state index contributed by atoms with van der Waals surface area (Å²) in [4.78, 5) is 14.0. The van der Waals surface area contributed by atoms with Gasteiger partial charge in [-0.25, -0.2) is 4.39 Å². The molecule has 1 aromatic carbocycles. The van der Waals surface area contributed by atoms with E-state index in [4.69, 9.17) is 0 Å². The molecule has 1 aliphatic carbocycles. The second-order valence-corrected chi connectivity index (χ2v) is 8.62. The van der Waals surface area contributed by atoms with Crippen LogP contribution in [0.25, 0.3) is 11.4 Å². The van der Waals surface area contributed by atoms with E-state index < -0.39 is 0 Å². The number of benzene rings is 1. The second kappa shape index (κ2) is 9.03. The zero-order valence-electron chi connectivity index (χ0n) is 16.6. The number of hydrogen-bond acceptors (Lipinski definition) is 4. The van der Waals surface area contributed by atoms with Gasteiger partial charge in [-0.05, 0) is 43.4 Å². The quantitative estimate of drug-likeness (QED) is 0.628. The molecule has 1 N–H and O–H groups in total. The van der Waals surface area contributed by atoms with Crippen molar-refractivity contribution in [2.24, 2.45) is 11.8 Å². The number of amides is 1. The highest BCUT2D eigenvalue weighted by molar-refractivity contribution is 9.10. The van der Waals surface area contributed by atoms with Crippen molar-refractivity contribution in [2.45, 2.75) is 39.7 Å². The highest BCUT2D eigenvalue weighted by Crippen LogP contribution is 2.30. The summed E-state index contributed by atoms with van der Waals surface area (Å²) in [5.41, 5.74) is 0.643.